The first-order valence-corrected chi connectivity index (χ1v) is 8.03. The van der Waals surface area contributed by atoms with Gasteiger partial charge in [0, 0.05) is 26.2 Å². The Labute approximate surface area is 139 Å². The summed E-state index contributed by atoms with van der Waals surface area (Å²) in [7, 11) is 1.83. The monoisotopic (exact) mass is 326 g/mol. The average molecular weight is 326 g/mol. The summed E-state index contributed by atoms with van der Waals surface area (Å²) in [5.74, 6) is 0.0574. The highest BCUT2D eigenvalue weighted by molar-refractivity contribution is 5.97. The number of aromatic nitrogens is 4. The van der Waals surface area contributed by atoms with Crippen LogP contribution in [0.1, 0.15) is 29.6 Å². The fourth-order valence-corrected chi connectivity index (χ4v) is 3.77. The summed E-state index contributed by atoms with van der Waals surface area (Å²) < 4.78 is 1.69. The van der Waals surface area contributed by atoms with Crippen LogP contribution in [0.25, 0.3) is 0 Å². The number of carbonyl (C=O) groups is 2. The van der Waals surface area contributed by atoms with Crippen molar-refractivity contribution in [1.29, 1.82) is 0 Å². The molecule has 4 heterocycles. The summed E-state index contributed by atoms with van der Waals surface area (Å²) >= 11 is 0. The van der Waals surface area contributed by atoms with Crippen molar-refractivity contribution in [2.75, 3.05) is 11.4 Å². The van der Waals surface area contributed by atoms with Crippen LogP contribution in [0, 0.1) is 0 Å². The first-order chi connectivity index (χ1) is 11.6. The van der Waals surface area contributed by atoms with Crippen molar-refractivity contribution < 1.29 is 9.59 Å². The molecule has 4 rings (SSSR count). The maximum absolute atomic E-state index is 12.8. The number of anilines is 1. The lowest BCUT2D eigenvalue weighted by molar-refractivity contribution is -0.120. The van der Waals surface area contributed by atoms with E-state index >= 15 is 0 Å². The molecule has 2 aromatic heterocycles. The van der Waals surface area contributed by atoms with Crippen LogP contribution < -0.4 is 4.90 Å². The van der Waals surface area contributed by atoms with E-state index < -0.39 is 0 Å². The van der Waals surface area contributed by atoms with Gasteiger partial charge in [-0.15, -0.1) is 0 Å². The van der Waals surface area contributed by atoms with Crippen LogP contribution >= 0.6 is 0 Å². The lowest BCUT2D eigenvalue weighted by Gasteiger charge is -2.39. The molecule has 124 valence electrons. The quantitative estimate of drug-likeness (QED) is 0.808. The van der Waals surface area contributed by atoms with Crippen molar-refractivity contribution in [2.24, 2.45) is 7.05 Å². The molecule has 2 saturated heterocycles. The minimum absolute atomic E-state index is 0.00852. The number of carbonyl (C=O) groups excluding carboxylic acids is 2. The van der Waals surface area contributed by atoms with Gasteiger partial charge in [-0.05, 0) is 18.9 Å². The highest BCUT2D eigenvalue weighted by Crippen LogP contribution is 2.35. The normalized spacial score (nSPS) is 23.5. The molecule has 0 unspecified atom stereocenters. The van der Waals surface area contributed by atoms with Gasteiger partial charge in [0.15, 0.2) is 0 Å². The fraction of sp³-hybridized carbons (Fsp3) is 0.438. The summed E-state index contributed by atoms with van der Waals surface area (Å²) in [5, 5.41) is 11.7. The number of nitrogens with zero attached hydrogens (tertiary/aromatic N) is 6. The van der Waals surface area contributed by atoms with Gasteiger partial charge in [-0.2, -0.15) is 15.3 Å². The summed E-state index contributed by atoms with van der Waals surface area (Å²) in [5.41, 5.74) is 1.34. The molecule has 2 aliphatic heterocycles. The molecule has 2 amide bonds. The highest BCUT2D eigenvalue weighted by atomic mass is 16.2. The third-order valence-corrected chi connectivity index (χ3v) is 4.83. The van der Waals surface area contributed by atoms with Crippen molar-refractivity contribution in [3.8, 4) is 0 Å². The second kappa shape index (κ2) is 5.70. The number of hydrogen-bond donors (Lipinski definition) is 0. The molecule has 0 aromatic carbocycles. The summed E-state index contributed by atoms with van der Waals surface area (Å²) in [6.45, 7) is 0.639. The molecular formula is C16H18N6O2. The van der Waals surface area contributed by atoms with E-state index in [1.165, 1.54) is 12.4 Å². The first kappa shape index (κ1) is 14.8. The van der Waals surface area contributed by atoms with Crippen molar-refractivity contribution in [3.05, 3.63) is 36.4 Å². The standard InChI is InChI=1S/C16H18N6O2/c1-20-10-12(9-19-20)22-14-5-7-21(13(14)2-3-15(22)23)16(24)11-4-6-17-18-8-11/h4,6,8-10,13-14H,2-3,5,7H2,1H3/t13-,14-/m0/s1. The number of rotatable bonds is 2. The maximum atomic E-state index is 12.8. The van der Waals surface area contributed by atoms with E-state index in [2.05, 4.69) is 15.3 Å². The van der Waals surface area contributed by atoms with E-state index in [4.69, 9.17) is 0 Å². The van der Waals surface area contributed by atoms with Gasteiger partial charge >= 0.3 is 0 Å². The lowest BCUT2D eigenvalue weighted by Crippen LogP contribution is -2.53. The minimum Gasteiger partial charge on any atom is -0.333 e. The largest absolute Gasteiger partial charge is 0.333 e. The molecule has 0 aliphatic carbocycles. The smallest absolute Gasteiger partial charge is 0.255 e. The Bertz CT molecular complexity index is 774. The Morgan fingerprint density at radius 2 is 2.08 bits per heavy atom. The van der Waals surface area contributed by atoms with Crippen LogP contribution in [-0.2, 0) is 11.8 Å². The zero-order valence-electron chi connectivity index (χ0n) is 13.4. The second-order valence-corrected chi connectivity index (χ2v) is 6.23. The van der Waals surface area contributed by atoms with Crippen molar-refractivity contribution in [1.82, 2.24) is 24.9 Å². The molecule has 8 nitrogen and oxygen atoms in total. The van der Waals surface area contributed by atoms with E-state index in [0.29, 0.717) is 24.9 Å². The minimum atomic E-state index is -0.0436. The van der Waals surface area contributed by atoms with Crippen LogP contribution in [0.2, 0.25) is 0 Å². The Balaban J connectivity index is 1.61. The van der Waals surface area contributed by atoms with Gasteiger partial charge in [0.1, 0.15) is 0 Å². The Hall–Kier alpha value is -2.77. The van der Waals surface area contributed by atoms with Crippen LogP contribution in [0.3, 0.4) is 0 Å². The number of fused-ring (bicyclic) bond motifs is 1. The van der Waals surface area contributed by atoms with E-state index in [0.717, 1.165) is 12.1 Å². The number of aryl methyl sites for hydroxylation is 1. The summed E-state index contributed by atoms with van der Waals surface area (Å²) in [6.07, 6.45) is 8.47. The van der Waals surface area contributed by atoms with Crippen molar-refractivity contribution in [2.45, 2.75) is 31.3 Å². The third-order valence-electron chi connectivity index (χ3n) is 4.83. The highest BCUT2D eigenvalue weighted by Gasteiger charge is 2.45. The lowest BCUT2D eigenvalue weighted by atomic mass is 9.95. The molecule has 0 radical (unpaired) electrons. The Morgan fingerprint density at radius 3 is 2.79 bits per heavy atom. The molecule has 2 aromatic rings. The summed E-state index contributed by atoms with van der Waals surface area (Å²) in [6, 6.07) is 1.72. The predicted octanol–water partition coefficient (Wildman–Crippen LogP) is 0.620. The van der Waals surface area contributed by atoms with Gasteiger partial charge in [0.05, 0.1) is 41.9 Å². The molecule has 8 heteroatoms. The SMILES string of the molecule is Cn1cc(N2C(=O)CC[C@H]3[C@@H]2CCN3C(=O)c2ccnnc2)cn1. The molecule has 0 bridgehead atoms. The maximum Gasteiger partial charge on any atom is 0.255 e. The Kier molecular flexibility index (Phi) is 3.51. The number of hydrogen-bond acceptors (Lipinski definition) is 5. The van der Waals surface area contributed by atoms with Gasteiger partial charge in [-0.1, -0.05) is 0 Å². The van der Waals surface area contributed by atoms with Crippen LogP contribution in [0.4, 0.5) is 5.69 Å². The molecule has 0 N–H and O–H groups in total. The van der Waals surface area contributed by atoms with Crippen molar-refractivity contribution in [3.63, 3.8) is 0 Å². The molecule has 0 spiro atoms. The predicted molar refractivity (Wildman–Crippen MR) is 85.2 cm³/mol. The van der Waals surface area contributed by atoms with Crippen LogP contribution in [0.15, 0.2) is 30.9 Å². The van der Waals surface area contributed by atoms with Gasteiger partial charge in [0.25, 0.3) is 5.91 Å². The molecule has 2 fully saturated rings. The zero-order chi connectivity index (χ0) is 16.7. The molecule has 24 heavy (non-hydrogen) atoms. The van der Waals surface area contributed by atoms with E-state index in [-0.39, 0.29) is 23.9 Å². The summed E-state index contributed by atoms with van der Waals surface area (Å²) in [4.78, 5) is 28.9. The third kappa shape index (κ3) is 2.34. The van der Waals surface area contributed by atoms with Crippen LogP contribution in [-0.4, -0.2) is 55.3 Å². The van der Waals surface area contributed by atoms with Gasteiger partial charge in [-0.3, -0.25) is 14.3 Å². The van der Waals surface area contributed by atoms with Crippen molar-refractivity contribution >= 4 is 17.5 Å². The topological polar surface area (TPSA) is 84.2 Å². The van der Waals surface area contributed by atoms with Gasteiger partial charge < -0.3 is 9.80 Å². The number of piperidine rings is 1. The fourth-order valence-electron chi connectivity index (χ4n) is 3.77. The van der Waals surface area contributed by atoms with Gasteiger partial charge in [-0.25, -0.2) is 0 Å². The molecule has 2 aliphatic rings. The molecular weight excluding hydrogens is 308 g/mol. The molecule has 0 saturated carbocycles. The zero-order valence-corrected chi connectivity index (χ0v) is 13.4. The number of likely N-dealkylation sites (tertiary alicyclic amines) is 1. The van der Waals surface area contributed by atoms with E-state index in [1.54, 1.807) is 16.9 Å². The first-order valence-electron chi connectivity index (χ1n) is 8.03. The van der Waals surface area contributed by atoms with Gasteiger partial charge in [0.2, 0.25) is 5.91 Å². The van der Waals surface area contributed by atoms with E-state index in [9.17, 15) is 9.59 Å². The van der Waals surface area contributed by atoms with Crippen LogP contribution in [0.5, 0.6) is 0 Å². The average Bonchev–Trinajstić information content (AvgIpc) is 3.21. The number of amides is 2. The van der Waals surface area contributed by atoms with E-state index in [1.807, 2.05) is 23.0 Å². The molecule has 2 atom stereocenters. The second-order valence-electron chi connectivity index (χ2n) is 6.23. The Morgan fingerprint density at radius 1 is 1.21 bits per heavy atom.